The molecule has 0 aromatic rings. The lowest BCUT2D eigenvalue weighted by Crippen LogP contribution is -2.22. The van der Waals surface area contributed by atoms with Crippen LogP contribution in [-0.2, 0) is 13.8 Å². The molecule has 3 nitrogen and oxygen atoms in total. The van der Waals surface area contributed by atoms with E-state index in [1.54, 1.807) is 0 Å². The van der Waals surface area contributed by atoms with E-state index >= 15 is 0 Å². The Morgan fingerprint density at radius 1 is 1.33 bits per heavy atom. The van der Waals surface area contributed by atoms with Gasteiger partial charge in [-0.15, -0.1) is 0 Å². The maximum Gasteiger partial charge on any atom is 0.232 e. The third-order valence-corrected chi connectivity index (χ3v) is 4.89. The third kappa shape index (κ3) is 7.59. The molecule has 0 aromatic carbocycles. The minimum Gasteiger partial charge on any atom is -0.378 e. The van der Waals surface area contributed by atoms with E-state index in [-0.39, 0.29) is 5.75 Å². The fourth-order valence-corrected chi connectivity index (χ4v) is 3.40. The Morgan fingerprint density at radius 3 is 2.67 bits per heavy atom. The van der Waals surface area contributed by atoms with Gasteiger partial charge in [-0.05, 0) is 37.5 Å². The first-order valence-corrected chi connectivity index (χ1v) is 9.38. The predicted molar refractivity (Wildman–Crippen MR) is 75.4 cm³/mol. The molecule has 108 valence electrons. The monoisotopic (exact) mass is 296 g/mol. The molecule has 1 fully saturated rings. The predicted octanol–water partition coefficient (Wildman–Crippen LogP) is 3.57. The van der Waals surface area contributed by atoms with Gasteiger partial charge >= 0.3 is 0 Å². The van der Waals surface area contributed by atoms with Crippen LogP contribution in [0, 0.1) is 11.8 Å². The van der Waals surface area contributed by atoms with Gasteiger partial charge in [-0.1, -0.05) is 26.7 Å². The van der Waals surface area contributed by atoms with Gasteiger partial charge in [-0.3, -0.25) is 0 Å². The summed E-state index contributed by atoms with van der Waals surface area (Å²) in [4.78, 5) is 0. The highest BCUT2D eigenvalue weighted by Crippen LogP contribution is 2.26. The van der Waals surface area contributed by atoms with Gasteiger partial charge < -0.3 is 4.74 Å². The zero-order valence-electron chi connectivity index (χ0n) is 11.4. The molecule has 0 bridgehead atoms. The summed E-state index contributed by atoms with van der Waals surface area (Å²) in [5.74, 6) is 1.19. The first kappa shape index (κ1) is 16.3. The average molecular weight is 297 g/mol. The summed E-state index contributed by atoms with van der Waals surface area (Å²) in [6.45, 7) is 5.07. The summed E-state index contributed by atoms with van der Waals surface area (Å²) < 4.78 is 27.5. The van der Waals surface area contributed by atoms with Crippen molar-refractivity contribution in [1.82, 2.24) is 0 Å². The van der Waals surface area contributed by atoms with Crippen LogP contribution in [0.25, 0.3) is 0 Å². The minimum absolute atomic E-state index is 0.0657. The molecule has 1 saturated carbocycles. The molecule has 0 radical (unpaired) electrons. The van der Waals surface area contributed by atoms with Gasteiger partial charge in [0, 0.05) is 17.3 Å². The maximum atomic E-state index is 10.8. The van der Waals surface area contributed by atoms with Crippen LogP contribution in [0.5, 0.6) is 0 Å². The Labute approximate surface area is 116 Å². The zero-order chi connectivity index (χ0) is 13.6. The minimum atomic E-state index is -3.34. The Balaban J connectivity index is 2.09. The molecule has 1 aliphatic carbocycles. The van der Waals surface area contributed by atoms with Crippen molar-refractivity contribution < 1.29 is 13.2 Å². The van der Waals surface area contributed by atoms with Crippen LogP contribution in [-0.4, -0.2) is 26.9 Å². The second-order valence-corrected chi connectivity index (χ2v) is 8.59. The molecule has 1 aliphatic rings. The molecule has 0 saturated heterocycles. The molecule has 3 unspecified atom stereocenters. The first-order valence-electron chi connectivity index (χ1n) is 6.90. The summed E-state index contributed by atoms with van der Waals surface area (Å²) >= 11 is 0. The maximum absolute atomic E-state index is 10.8. The summed E-state index contributed by atoms with van der Waals surface area (Å²) in [7, 11) is 1.85. The summed E-state index contributed by atoms with van der Waals surface area (Å²) in [6, 6.07) is 0. The largest absolute Gasteiger partial charge is 0.378 e. The molecule has 0 N–H and O–H groups in total. The van der Waals surface area contributed by atoms with Gasteiger partial charge in [-0.25, -0.2) is 8.42 Å². The van der Waals surface area contributed by atoms with Gasteiger partial charge in [0.05, 0.1) is 11.9 Å². The van der Waals surface area contributed by atoms with Crippen molar-refractivity contribution >= 4 is 19.7 Å². The van der Waals surface area contributed by atoms with Crippen LogP contribution in [0.4, 0.5) is 0 Å². The molecule has 5 heteroatoms. The standard InChI is InChI=1S/C13H25ClO3S/c1-11(7-9-18(14,15)16)6-8-17-13-5-3-4-12(2)10-13/h11-13H,3-10H2,1-2H3. The van der Waals surface area contributed by atoms with Crippen LogP contribution in [0.15, 0.2) is 0 Å². The van der Waals surface area contributed by atoms with Crippen LogP contribution in [0.1, 0.15) is 52.4 Å². The van der Waals surface area contributed by atoms with Crippen LogP contribution >= 0.6 is 10.7 Å². The Hall–Kier alpha value is 0.200. The smallest absolute Gasteiger partial charge is 0.232 e. The first-order chi connectivity index (χ1) is 8.37. The highest BCUT2D eigenvalue weighted by molar-refractivity contribution is 8.13. The molecule has 3 atom stereocenters. The third-order valence-electron chi connectivity index (χ3n) is 3.71. The van der Waals surface area contributed by atoms with Crippen molar-refractivity contribution in [3.8, 4) is 0 Å². The number of hydrogen-bond donors (Lipinski definition) is 0. The van der Waals surface area contributed by atoms with E-state index in [2.05, 4.69) is 13.8 Å². The van der Waals surface area contributed by atoms with Crippen molar-refractivity contribution in [1.29, 1.82) is 0 Å². The fourth-order valence-electron chi connectivity index (χ4n) is 2.45. The van der Waals surface area contributed by atoms with E-state index in [1.807, 2.05) is 0 Å². The van der Waals surface area contributed by atoms with Gasteiger partial charge in [0.2, 0.25) is 9.05 Å². The quantitative estimate of drug-likeness (QED) is 0.675. The van der Waals surface area contributed by atoms with Crippen molar-refractivity contribution in [2.75, 3.05) is 12.4 Å². The van der Waals surface area contributed by atoms with Crippen molar-refractivity contribution in [3.63, 3.8) is 0 Å². The molecular weight excluding hydrogens is 272 g/mol. The van der Waals surface area contributed by atoms with E-state index in [4.69, 9.17) is 15.4 Å². The zero-order valence-corrected chi connectivity index (χ0v) is 13.0. The normalized spacial score (nSPS) is 27.1. The Morgan fingerprint density at radius 2 is 2.06 bits per heavy atom. The topological polar surface area (TPSA) is 43.4 Å². The van der Waals surface area contributed by atoms with Gasteiger partial charge in [-0.2, -0.15) is 0 Å². The van der Waals surface area contributed by atoms with Gasteiger partial charge in [0.15, 0.2) is 0 Å². The fraction of sp³-hybridized carbons (Fsp3) is 1.00. The van der Waals surface area contributed by atoms with Crippen molar-refractivity contribution in [3.05, 3.63) is 0 Å². The second kappa shape index (κ2) is 7.71. The molecule has 0 amide bonds. The van der Waals surface area contributed by atoms with Crippen molar-refractivity contribution in [2.24, 2.45) is 11.8 Å². The Bertz CT molecular complexity index is 329. The van der Waals surface area contributed by atoms with Crippen LogP contribution < -0.4 is 0 Å². The highest BCUT2D eigenvalue weighted by atomic mass is 35.7. The number of rotatable bonds is 7. The highest BCUT2D eigenvalue weighted by Gasteiger charge is 2.19. The Kier molecular flexibility index (Phi) is 6.96. The van der Waals surface area contributed by atoms with Crippen LogP contribution in [0.3, 0.4) is 0 Å². The molecule has 0 spiro atoms. The summed E-state index contributed by atoms with van der Waals surface area (Å²) in [6.07, 6.45) is 6.89. The number of halogens is 1. The van der Waals surface area contributed by atoms with Gasteiger partial charge in [0.1, 0.15) is 0 Å². The lowest BCUT2D eigenvalue weighted by atomic mass is 9.89. The van der Waals surface area contributed by atoms with E-state index in [1.165, 1.54) is 25.7 Å². The molecule has 0 aliphatic heterocycles. The summed E-state index contributed by atoms with van der Waals surface area (Å²) in [5.41, 5.74) is 0. The summed E-state index contributed by atoms with van der Waals surface area (Å²) in [5, 5.41) is 0. The van der Waals surface area contributed by atoms with Crippen molar-refractivity contribution in [2.45, 2.75) is 58.5 Å². The SMILES string of the molecule is CC(CCOC1CCCC(C)C1)CCS(=O)(=O)Cl. The number of ether oxygens (including phenoxy) is 1. The van der Waals surface area contributed by atoms with E-state index in [0.717, 1.165) is 18.9 Å². The molecule has 0 aromatic heterocycles. The average Bonchev–Trinajstić information content (AvgIpc) is 2.25. The van der Waals surface area contributed by atoms with E-state index in [0.29, 0.717) is 18.4 Å². The number of hydrogen-bond acceptors (Lipinski definition) is 3. The second-order valence-electron chi connectivity index (χ2n) is 5.69. The van der Waals surface area contributed by atoms with E-state index in [9.17, 15) is 8.42 Å². The molecule has 18 heavy (non-hydrogen) atoms. The lowest BCUT2D eigenvalue weighted by molar-refractivity contribution is 0.00989. The molecule has 1 rings (SSSR count). The van der Waals surface area contributed by atoms with E-state index < -0.39 is 9.05 Å². The molecular formula is C13H25ClO3S. The van der Waals surface area contributed by atoms with Crippen LogP contribution in [0.2, 0.25) is 0 Å². The lowest BCUT2D eigenvalue weighted by Gasteiger charge is -2.27. The molecule has 0 heterocycles. The van der Waals surface area contributed by atoms with Gasteiger partial charge in [0.25, 0.3) is 0 Å².